The molecule has 0 aromatic rings. The lowest BCUT2D eigenvalue weighted by Gasteiger charge is -2.50. The van der Waals surface area contributed by atoms with Crippen LogP contribution in [-0.2, 0) is 52.2 Å². The summed E-state index contributed by atoms with van der Waals surface area (Å²) in [5.41, 5.74) is 0. The number of aliphatic hydroxyl groups excluding tert-OH is 12. The molecule has 410 valence electrons. The Bertz CT molecular complexity index is 1520. The Kier molecular flexibility index (Phi) is 23.7. The van der Waals surface area contributed by atoms with Crippen LogP contribution >= 0.6 is 0 Å². The van der Waals surface area contributed by atoms with E-state index in [2.05, 4.69) is 6.92 Å². The SMILES string of the molecule is CCCCC[C@@H](CCCCCCCCCC(=O)O)O[C@@H]1O[C@H](C)[C@H](O)[C@H](O)[C@H]1O[C@@H]1O[C@@H](C)[C@H](O[C@@H]2O[C@@H](C)[C@H](O[C@@H]3O[C@@H](C)[C@H](O)[C@@H](O)[C@H]3O)[C@@H](O)[C@H]2O[C@@H]2O[C@H](CO)[C@@H](O)[C@H](O)[C@H]2O)[C@@H](O)[C@H]1O. The number of rotatable bonds is 25. The van der Waals surface area contributed by atoms with Crippen LogP contribution in [0.1, 0.15) is 118 Å². The Labute approximate surface area is 408 Å². The van der Waals surface area contributed by atoms with E-state index < -0.39 is 166 Å². The minimum absolute atomic E-state index is 0.164. The summed E-state index contributed by atoms with van der Waals surface area (Å²) in [7, 11) is 0. The number of aliphatic hydroxyl groups is 12. The minimum Gasteiger partial charge on any atom is -0.481 e. The van der Waals surface area contributed by atoms with Crippen molar-refractivity contribution in [1.29, 1.82) is 0 Å². The van der Waals surface area contributed by atoms with E-state index >= 15 is 0 Å². The highest BCUT2D eigenvalue weighted by molar-refractivity contribution is 5.66. The maximum absolute atomic E-state index is 11.9. The van der Waals surface area contributed by atoms with Crippen LogP contribution in [0, 0.1) is 0 Å². The van der Waals surface area contributed by atoms with Crippen molar-refractivity contribution in [2.24, 2.45) is 0 Å². The summed E-state index contributed by atoms with van der Waals surface area (Å²) in [5, 5.41) is 139. The summed E-state index contributed by atoms with van der Waals surface area (Å²) in [6.45, 7) is 7.14. The van der Waals surface area contributed by atoms with Crippen molar-refractivity contribution in [1.82, 2.24) is 0 Å². The number of carboxylic acids is 1. The van der Waals surface area contributed by atoms with Crippen molar-refractivity contribution in [3.63, 3.8) is 0 Å². The van der Waals surface area contributed by atoms with Gasteiger partial charge in [0.1, 0.15) is 97.7 Å². The second kappa shape index (κ2) is 27.9. The molecule has 0 amide bonds. The van der Waals surface area contributed by atoms with E-state index in [4.69, 9.17) is 52.5 Å². The van der Waals surface area contributed by atoms with Crippen molar-refractivity contribution < 1.29 is 119 Å². The monoisotopic (exact) mass is 1020 g/mol. The molecule has 0 spiro atoms. The van der Waals surface area contributed by atoms with Gasteiger partial charge in [0, 0.05) is 6.42 Å². The third-order valence-electron chi connectivity index (χ3n) is 14.0. The summed E-state index contributed by atoms with van der Waals surface area (Å²) in [4.78, 5) is 10.8. The second-order valence-corrected chi connectivity index (χ2v) is 19.5. The Morgan fingerprint density at radius 3 is 1.40 bits per heavy atom. The van der Waals surface area contributed by atoms with Crippen LogP contribution in [0.3, 0.4) is 0 Å². The van der Waals surface area contributed by atoms with Crippen LogP contribution in [0.4, 0.5) is 0 Å². The first-order valence-corrected chi connectivity index (χ1v) is 25.1. The van der Waals surface area contributed by atoms with Gasteiger partial charge in [0.05, 0.1) is 37.1 Å². The number of unbranched alkanes of at least 4 members (excludes halogenated alkanes) is 8. The highest BCUT2D eigenvalue weighted by atomic mass is 16.8. The van der Waals surface area contributed by atoms with Gasteiger partial charge in [-0.3, -0.25) is 4.79 Å². The first-order chi connectivity index (χ1) is 33.2. The van der Waals surface area contributed by atoms with E-state index in [1.54, 1.807) is 6.92 Å². The average molecular weight is 1020 g/mol. The number of aliphatic carboxylic acids is 1. The van der Waals surface area contributed by atoms with Crippen molar-refractivity contribution in [2.75, 3.05) is 6.61 Å². The lowest BCUT2D eigenvalue weighted by Crippen LogP contribution is -2.67. The van der Waals surface area contributed by atoms with Crippen LogP contribution in [0.5, 0.6) is 0 Å². The quantitative estimate of drug-likeness (QED) is 0.0430. The Hall–Kier alpha value is -1.41. The molecule has 24 nitrogen and oxygen atoms in total. The van der Waals surface area contributed by atoms with E-state index in [0.717, 1.165) is 57.8 Å². The Morgan fingerprint density at radius 2 is 0.829 bits per heavy atom. The molecule has 0 unspecified atom stereocenters. The normalized spacial score (nSPS) is 45.4. The van der Waals surface area contributed by atoms with Gasteiger partial charge in [0.2, 0.25) is 0 Å². The van der Waals surface area contributed by atoms with Crippen molar-refractivity contribution in [3.05, 3.63) is 0 Å². The molecule has 5 aliphatic heterocycles. The van der Waals surface area contributed by atoms with Crippen LogP contribution in [-0.4, -0.2) is 239 Å². The van der Waals surface area contributed by atoms with Crippen LogP contribution in [0.2, 0.25) is 0 Å². The average Bonchev–Trinajstić information content (AvgIpc) is 3.32. The highest BCUT2D eigenvalue weighted by Crippen LogP contribution is 2.37. The molecular formula is C46H82O24. The number of carbonyl (C=O) groups is 1. The summed E-state index contributed by atoms with van der Waals surface area (Å²) < 4.78 is 60.1. The molecule has 5 heterocycles. The molecule has 5 rings (SSSR count). The lowest BCUT2D eigenvalue weighted by atomic mass is 9.95. The van der Waals surface area contributed by atoms with Crippen LogP contribution < -0.4 is 0 Å². The van der Waals surface area contributed by atoms with Gasteiger partial charge in [-0.1, -0.05) is 64.7 Å². The van der Waals surface area contributed by atoms with Gasteiger partial charge in [-0.15, -0.1) is 0 Å². The van der Waals surface area contributed by atoms with Gasteiger partial charge in [-0.2, -0.15) is 0 Å². The fourth-order valence-electron chi connectivity index (χ4n) is 9.55. The van der Waals surface area contributed by atoms with Gasteiger partial charge in [0.15, 0.2) is 31.5 Å². The minimum atomic E-state index is -1.97. The third-order valence-corrected chi connectivity index (χ3v) is 14.0. The van der Waals surface area contributed by atoms with Crippen molar-refractivity contribution in [2.45, 2.75) is 278 Å². The Balaban J connectivity index is 1.29. The zero-order chi connectivity index (χ0) is 51.6. The summed E-state index contributed by atoms with van der Waals surface area (Å²) in [5.74, 6) is -0.795. The largest absolute Gasteiger partial charge is 0.481 e. The molecule has 0 bridgehead atoms. The molecule has 0 aromatic carbocycles. The zero-order valence-electron chi connectivity index (χ0n) is 40.7. The van der Waals surface area contributed by atoms with E-state index in [9.17, 15) is 66.1 Å². The first kappa shape index (κ1) is 59.5. The fourth-order valence-corrected chi connectivity index (χ4v) is 9.55. The summed E-state index contributed by atoms with van der Waals surface area (Å²) >= 11 is 0. The molecule has 5 fully saturated rings. The van der Waals surface area contributed by atoms with Crippen LogP contribution in [0.15, 0.2) is 0 Å². The molecular weight excluding hydrogens is 936 g/mol. The van der Waals surface area contributed by atoms with Gasteiger partial charge in [-0.25, -0.2) is 0 Å². The molecule has 0 aromatic heterocycles. The summed E-state index contributed by atoms with van der Waals surface area (Å²) in [6.07, 6.45) is -29.2. The zero-order valence-corrected chi connectivity index (χ0v) is 40.7. The van der Waals surface area contributed by atoms with Gasteiger partial charge < -0.3 is 114 Å². The van der Waals surface area contributed by atoms with Crippen molar-refractivity contribution in [3.8, 4) is 0 Å². The number of carboxylic acid groups (broad SMARTS) is 1. The standard InChI is InChI=1S/C46H82O24/c1-6-7-13-16-24(17-14-11-9-8-10-12-15-18-26(48)49)65-45-40(32(55)28(51)21(3)62-45)69-43-36(59)33(56)38(22(4)63-43)68-46-41(70-44-35(58)31(54)29(52)25(19-47)66-44)37(60)39(23(5)64-46)67-42-34(57)30(53)27(50)20(2)61-42/h20-25,27-47,50-60H,6-19H2,1-5H3,(H,48,49)/t20-,21+,22-,23-,24-,25+,27-,28-,29+,30+,31-,32-,33-,34+,35+,36+,37+,38-,39-,40+,41+,42-,43-,44-,45-,46-/m0/s1. The van der Waals surface area contributed by atoms with Crippen molar-refractivity contribution >= 4 is 5.97 Å². The molecule has 5 aliphatic rings. The molecule has 24 heteroatoms. The predicted octanol–water partition coefficient (Wildman–Crippen LogP) is -2.25. The topological polar surface area (TPSA) is 372 Å². The van der Waals surface area contributed by atoms with E-state index in [-0.39, 0.29) is 12.5 Å². The fraction of sp³-hybridized carbons (Fsp3) is 0.978. The van der Waals surface area contributed by atoms with Gasteiger partial charge in [-0.05, 0) is 47.0 Å². The molecule has 5 saturated heterocycles. The van der Waals surface area contributed by atoms with E-state index in [1.807, 2.05) is 0 Å². The smallest absolute Gasteiger partial charge is 0.303 e. The molecule has 70 heavy (non-hydrogen) atoms. The summed E-state index contributed by atoms with van der Waals surface area (Å²) in [6, 6.07) is 0. The second-order valence-electron chi connectivity index (χ2n) is 19.5. The van der Waals surface area contributed by atoms with E-state index in [1.165, 1.54) is 20.8 Å². The molecule has 13 N–H and O–H groups in total. The Morgan fingerprint density at radius 1 is 0.429 bits per heavy atom. The number of hydrogen-bond acceptors (Lipinski definition) is 23. The van der Waals surface area contributed by atoms with E-state index in [0.29, 0.717) is 19.3 Å². The highest BCUT2D eigenvalue weighted by Gasteiger charge is 2.56. The first-order valence-electron chi connectivity index (χ1n) is 25.1. The van der Waals surface area contributed by atoms with Crippen LogP contribution in [0.25, 0.3) is 0 Å². The molecule has 26 atom stereocenters. The lowest BCUT2D eigenvalue weighted by molar-refractivity contribution is -0.403. The molecule has 0 saturated carbocycles. The molecule has 0 aliphatic carbocycles. The van der Waals surface area contributed by atoms with Gasteiger partial charge >= 0.3 is 5.97 Å². The third kappa shape index (κ3) is 15.1. The molecule has 0 radical (unpaired) electrons. The maximum atomic E-state index is 11.9. The van der Waals surface area contributed by atoms with Gasteiger partial charge in [0.25, 0.3) is 0 Å². The number of ether oxygens (including phenoxy) is 10. The number of hydrogen-bond donors (Lipinski definition) is 13. The maximum Gasteiger partial charge on any atom is 0.303 e. The predicted molar refractivity (Wildman–Crippen MR) is 237 cm³/mol.